The molecule has 0 aromatic heterocycles. The molecule has 0 amide bonds. The summed E-state index contributed by atoms with van der Waals surface area (Å²) < 4.78 is 7.92. The van der Waals surface area contributed by atoms with Gasteiger partial charge in [-0.3, -0.25) is 0 Å². The third kappa shape index (κ3) is 3.95. The van der Waals surface area contributed by atoms with E-state index >= 15 is 0 Å². The van der Waals surface area contributed by atoms with Crippen LogP contribution >= 0.6 is 22.6 Å². The summed E-state index contributed by atoms with van der Waals surface area (Å²) in [5.41, 5.74) is 0. The van der Waals surface area contributed by atoms with Gasteiger partial charge in [0.2, 0.25) is 0 Å². The van der Waals surface area contributed by atoms with Crippen molar-refractivity contribution in [3.05, 3.63) is 72.8 Å². The molecule has 23 heavy (non-hydrogen) atoms. The second-order valence-electron chi connectivity index (χ2n) is 6.13. The quantitative estimate of drug-likeness (QED) is 0.305. The van der Waals surface area contributed by atoms with Gasteiger partial charge in [0.25, 0.3) is 8.32 Å². The van der Waals surface area contributed by atoms with Crippen LogP contribution in [-0.4, -0.2) is 19.4 Å². The molecular weight excluding hydrogens is 411 g/mol. The third-order valence-electron chi connectivity index (χ3n) is 4.54. The Kier molecular flexibility index (Phi) is 6.08. The summed E-state index contributed by atoms with van der Waals surface area (Å²) in [4.78, 5) is 0. The Morgan fingerprint density at radius 1 is 0.913 bits per heavy atom. The first kappa shape index (κ1) is 16.9. The number of benzene rings is 2. The first-order valence-corrected chi connectivity index (χ1v) is 12.0. The highest BCUT2D eigenvalue weighted by Crippen LogP contribution is 2.25. The summed E-state index contributed by atoms with van der Waals surface area (Å²) >= 11 is 2.54. The van der Waals surface area contributed by atoms with Crippen molar-refractivity contribution in [3.63, 3.8) is 0 Å². The van der Waals surface area contributed by atoms with Crippen LogP contribution in [0.15, 0.2) is 72.8 Å². The van der Waals surface area contributed by atoms with Gasteiger partial charge in [0.1, 0.15) is 0 Å². The predicted octanol–water partition coefficient (Wildman–Crippen LogP) is 4.16. The minimum Gasteiger partial charge on any atom is -0.408 e. The summed E-state index contributed by atoms with van der Waals surface area (Å²) in [6.45, 7) is 0.820. The molecule has 0 saturated carbocycles. The maximum Gasteiger partial charge on any atom is 0.256 e. The lowest BCUT2D eigenvalue weighted by Crippen LogP contribution is -2.61. The number of allylic oxidation sites excluding steroid dienone is 1. The van der Waals surface area contributed by atoms with Crippen LogP contribution in [0.2, 0.25) is 6.04 Å². The lowest BCUT2D eigenvalue weighted by atomic mass is 10.1. The van der Waals surface area contributed by atoms with Gasteiger partial charge >= 0.3 is 0 Å². The van der Waals surface area contributed by atoms with Gasteiger partial charge in [0.15, 0.2) is 0 Å². The topological polar surface area (TPSA) is 9.23 Å². The Morgan fingerprint density at radius 2 is 1.52 bits per heavy atom. The minimum atomic E-state index is -2.18. The van der Waals surface area contributed by atoms with Gasteiger partial charge < -0.3 is 4.43 Å². The molecular formula is C20H23IOSi. The Labute approximate surface area is 154 Å². The van der Waals surface area contributed by atoms with Crippen LogP contribution in [0.25, 0.3) is 0 Å². The fraction of sp³-hybridized carbons (Fsp3) is 0.300. The summed E-state index contributed by atoms with van der Waals surface area (Å²) in [6.07, 6.45) is 6.83. The van der Waals surface area contributed by atoms with Crippen LogP contribution in [0.4, 0.5) is 0 Å². The fourth-order valence-electron chi connectivity index (χ4n) is 3.36. The van der Waals surface area contributed by atoms with E-state index in [1.165, 1.54) is 21.2 Å². The number of rotatable bonds is 3. The maximum atomic E-state index is 6.74. The number of hydrogen-bond acceptors (Lipinski definition) is 1. The van der Waals surface area contributed by atoms with Gasteiger partial charge in [-0.25, -0.2) is 0 Å². The van der Waals surface area contributed by atoms with Crippen LogP contribution in [0.3, 0.4) is 0 Å². The predicted molar refractivity (Wildman–Crippen MR) is 109 cm³/mol. The zero-order valence-corrected chi connectivity index (χ0v) is 16.5. The summed E-state index contributed by atoms with van der Waals surface area (Å²) in [5.74, 6) is 0.678. The Hall–Kier alpha value is -0.913. The molecule has 1 atom stereocenters. The molecule has 0 aliphatic carbocycles. The molecule has 1 aliphatic heterocycles. The van der Waals surface area contributed by atoms with E-state index in [0.29, 0.717) is 5.92 Å². The van der Waals surface area contributed by atoms with E-state index < -0.39 is 8.32 Å². The van der Waals surface area contributed by atoms with E-state index in [-0.39, 0.29) is 0 Å². The molecule has 0 fully saturated rings. The van der Waals surface area contributed by atoms with Gasteiger partial charge in [-0.1, -0.05) is 95.4 Å². The summed E-state index contributed by atoms with van der Waals surface area (Å²) in [6, 6.07) is 23.1. The van der Waals surface area contributed by atoms with Gasteiger partial charge in [-0.05, 0) is 35.2 Å². The van der Waals surface area contributed by atoms with E-state index in [2.05, 4.69) is 95.4 Å². The van der Waals surface area contributed by atoms with Gasteiger partial charge in [-0.2, -0.15) is 0 Å². The van der Waals surface area contributed by atoms with Crippen LogP contribution in [0.1, 0.15) is 12.8 Å². The molecule has 1 unspecified atom stereocenters. The van der Waals surface area contributed by atoms with E-state index in [4.69, 9.17) is 4.43 Å². The van der Waals surface area contributed by atoms with Crippen molar-refractivity contribution in [2.75, 3.05) is 11.0 Å². The van der Waals surface area contributed by atoms with E-state index in [9.17, 15) is 0 Å². The zero-order chi connectivity index (χ0) is 16.0. The molecule has 1 heterocycles. The summed E-state index contributed by atoms with van der Waals surface area (Å²) in [7, 11) is -2.18. The largest absolute Gasteiger partial charge is 0.408 e. The van der Waals surface area contributed by atoms with Crippen molar-refractivity contribution >= 4 is 41.3 Å². The third-order valence-corrected chi connectivity index (χ3v) is 10.2. The Morgan fingerprint density at radius 3 is 2.09 bits per heavy atom. The molecule has 120 valence electrons. The maximum absolute atomic E-state index is 6.74. The number of hydrogen-bond donors (Lipinski definition) is 0. The number of halogens is 1. The van der Waals surface area contributed by atoms with Crippen molar-refractivity contribution < 1.29 is 4.43 Å². The highest BCUT2D eigenvalue weighted by atomic mass is 127. The van der Waals surface area contributed by atoms with Gasteiger partial charge in [0, 0.05) is 11.0 Å². The highest BCUT2D eigenvalue weighted by molar-refractivity contribution is 14.1. The second-order valence-corrected chi connectivity index (χ2v) is 10.5. The van der Waals surface area contributed by atoms with E-state index in [1.807, 2.05) is 0 Å². The highest BCUT2D eigenvalue weighted by Gasteiger charge is 2.41. The molecule has 3 heteroatoms. The molecule has 0 radical (unpaired) electrons. The lowest BCUT2D eigenvalue weighted by Gasteiger charge is -2.34. The average molecular weight is 434 g/mol. The fourth-order valence-corrected chi connectivity index (χ4v) is 8.92. The van der Waals surface area contributed by atoms with Crippen molar-refractivity contribution in [1.29, 1.82) is 0 Å². The zero-order valence-electron chi connectivity index (χ0n) is 13.3. The SMILES string of the molecule is ICC1C/C=C\CCO[Si](c2ccccc2)(c2ccccc2)C1. The van der Waals surface area contributed by atoms with Crippen molar-refractivity contribution in [2.24, 2.45) is 5.92 Å². The molecule has 0 spiro atoms. The van der Waals surface area contributed by atoms with Crippen molar-refractivity contribution in [3.8, 4) is 0 Å². The molecule has 0 N–H and O–H groups in total. The average Bonchev–Trinajstić information content (AvgIpc) is 2.74. The van der Waals surface area contributed by atoms with Crippen LogP contribution in [0.5, 0.6) is 0 Å². The first-order valence-electron chi connectivity index (χ1n) is 8.31. The molecule has 2 aromatic rings. The molecule has 0 saturated heterocycles. The van der Waals surface area contributed by atoms with Crippen molar-refractivity contribution in [2.45, 2.75) is 18.9 Å². The molecule has 1 aliphatic rings. The van der Waals surface area contributed by atoms with E-state index in [1.54, 1.807) is 0 Å². The Bertz CT molecular complexity index is 587. The summed E-state index contributed by atoms with van der Waals surface area (Å²) in [5, 5.41) is 2.81. The molecule has 1 nitrogen and oxygen atoms in total. The first-order chi connectivity index (χ1) is 11.3. The van der Waals surface area contributed by atoms with Crippen molar-refractivity contribution in [1.82, 2.24) is 0 Å². The van der Waals surface area contributed by atoms with Crippen LogP contribution in [-0.2, 0) is 4.43 Å². The second kappa shape index (κ2) is 8.26. The van der Waals surface area contributed by atoms with Crippen LogP contribution in [0, 0.1) is 5.92 Å². The number of alkyl halides is 1. The van der Waals surface area contributed by atoms with Gasteiger partial charge in [-0.15, -0.1) is 0 Å². The normalized spacial score (nSPS) is 22.6. The minimum absolute atomic E-state index is 0.678. The molecule has 3 rings (SSSR count). The van der Waals surface area contributed by atoms with Gasteiger partial charge in [0.05, 0.1) is 0 Å². The lowest BCUT2D eigenvalue weighted by molar-refractivity contribution is 0.320. The molecule has 2 aromatic carbocycles. The van der Waals surface area contributed by atoms with E-state index in [0.717, 1.165) is 19.1 Å². The smallest absolute Gasteiger partial charge is 0.256 e. The standard InChI is InChI=1S/C20H23IOSi/c21-16-18-10-4-3-9-15-22-23(17-18,19-11-5-1-6-12-19)20-13-7-2-8-14-20/h1-8,11-14,18H,9-10,15-17H2/b4-3-. The van der Waals surface area contributed by atoms with Crippen LogP contribution < -0.4 is 10.4 Å². The monoisotopic (exact) mass is 434 g/mol. The Balaban J connectivity index is 2.09. The molecule has 0 bridgehead atoms.